The van der Waals surface area contributed by atoms with E-state index in [1.807, 2.05) is 24.3 Å². The Bertz CT molecular complexity index is 623. The third-order valence-corrected chi connectivity index (χ3v) is 4.91. The normalized spacial score (nSPS) is 16.8. The second-order valence-corrected chi connectivity index (χ2v) is 7.69. The van der Waals surface area contributed by atoms with Crippen LogP contribution < -0.4 is 10.2 Å². The van der Waals surface area contributed by atoms with Crippen LogP contribution >= 0.6 is 0 Å². The van der Waals surface area contributed by atoms with Crippen LogP contribution in [0.2, 0.25) is 0 Å². The Morgan fingerprint density at radius 2 is 1.92 bits per heavy atom. The van der Waals surface area contributed by atoms with E-state index >= 15 is 0 Å². The number of anilines is 1. The van der Waals surface area contributed by atoms with Gasteiger partial charge in [0.05, 0.1) is 17.8 Å². The average Bonchev–Trinajstić information content (AvgIpc) is 2.85. The van der Waals surface area contributed by atoms with E-state index in [9.17, 15) is 10.1 Å². The molecular weight excluding hydrogens is 324 g/mol. The molecule has 1 fully saturated rings. The molecule has 5 nitrogen and oxygen atoms in total. The lowest BCUT2D eigenvalue weighted by Gasteiger charge is -2.24. The molecular formula is C21H32N4O. The highest BCUT2D eigenvalue weighted by molar-refractivity contribution is 5.78. The van der Waals surface area contributed by atoms with Gasteiger partial charge in [0.1, 0.15) is 6.07 Å². The molecule has 5 heteroatoms. The summed E-state index contributed by atoms with van der Waals surface area (Å²) in [4.78, 5) is 16.8. The number of para-hydroxylation sites is 1. The Balaban J connectivity index is 1.83. The minimum absolute atomic E-state index is 0.118. The highest BCUT2D eigenvalue weighted by Gasteiger charge is 2.19. The molecule has 0 saturated carbocycles. The Labute approximate surface area is 158 Å². The highest BCUT2D eigenvalue weighted by Crippen LogP contribution is 2.21. The first kappa shape index (κ1) is 20.3. The predicted octanol–water partition coefficient (Wildman–Crippen LogP) is 3.01. The summed E-state index contributed by atoms with van der Waals surface area (Å²) in [5.41, 5.74) is 1.72. The van der Waals surface area contributed by atoms with Crippen LogP contribution in [0, 0.1) is 17.2 Å². The van der Waals surface area contributed by atoms with Crippen molar-refractivity contribution in [1.29, 1.82) is 5.26 Å². The number of rotatable bonds is 7. The maximum atomic E-state index is 12.3. The van der Waals surface area contributed by atoms with E-state index in [1.165, 1.54) is 0 Å². The minimum Gasteiger partial charge on any atom is -0.369 e. The fourth-order valence-electron chi connectivity index (χ4n) is 3.39. The van der Waals surface area contributed by atoms with Gasteiger partial charge in [0.2, 0.25) is 5.91 Å². The first-order valence-corrected chi connectivity index (χ1v) is 9.75. The second-order valence-electron chi connectivity index (χ2n) is 7.69. The lowest BCUT2D eigenvalue weighted by Crippen LogP contribution is -2.42. The van der Waals surface area contributed by atoms with Gasteiger partial charge < -0.3 is 10.2 Å². The van der Waals surface area contributed by atoms with E-state index in [2.05, 4.69) is 42.0 Å². The van der Waals surface area contributed by atoms with Gasteiger partial charge in [-0.15, -0.1) is 0 Å². The summed E-state index contributed by atoms with van der Waals surface area (Å²) < 4.78 is 0. The first-order valence-electron chi connectivity index (χ1n) is 9.75. The summed E-state index contributed by atoms with van der Waals surface area (Å²) in [6.45, 7) is 10.5. The van der Waals surface area contributed by atoms with Crippen molar-refractivity contribution in [1.82, 2.24) is 10.2 Å². The number of carbonyl (C=O) groups excluding carboxylic acids is 1. The van der Waals surface area contributed by atoms with Crippen molar-refractivity contribution in [3.05, 3.63) is 29.8 Å². The Kier molecular flexibility index (Phi) is 7.93. The van der Waals surface area contributed by atoms with Crippen LogP contribution in [0.1, 0.15) is 45.6 Å². The number of nitriles is 1. The van der Waals surface area contributed by atoms with E-state index in [0.29, 0.717) is 12.5 Å². The smallest absolute Gasteiger partial charge is 0.234 e. The average molecular weight is 357 g/mol. The second kappa shape index (κ2) is 10.2. The third kappa shape index (κ3) is 6.34. The molecule has 1 heterocycles. The fourth-order valence-corrected chi connectivity index (χ4v) is 3.39. The molecule has 1 atom stereocenters. The van der Waals surface area contributed by atoms with Gasteiger partial charge >= 0.3 is 0 Å². The summed E-state index contributed by atoms with van der Waals surface area (Å²) in [5, 5.41) is 12.4. The van der Waals surface area contributed by atoms with E-state index < -0.39 is 0 Å². The van der Waals surface area contributed by atoms with E-state index in [4.69, 9.17) is 0 Å². The van der Waals surface area contributed by atoms with Crippen LogP contribution in [0.25, 0.3) is 0 Å². The van der Waals surface area contributed by atoms with E-state index in [0.717, 1.165) is 56.7 Å². The van der Waals surface area contributed by atoms with Crippen LogP contribution in [-0.2, 0) is 4.79 Å². The standard InChI is InChI=1S/C21H32N4O/c1-17(2)9-10-18(3)23-21(26)16-24-11-6-12-25(14-13-24)20-8-5-4-7-19(20)15-22/h4-5,7-8,17-18H,6,9-14,16H2,1-3H3,(H,23,26). The van der Waals surface area contributed by atoms with Crippen molar-refractivity contribution in [3.63, 3.8) is 0 Å². The maximum Gasteiger partial charge on any atom is 0.234 e. The Hall–Kier alpha value is -2.06. The molecule has 1 aliphatic heterocycles. The van der Waals surface area contributed by atoms with Crippen LogP contribution in [-0.4, -0.2) is 49.6 Å². The van der Waals surface area contributed by atoms with Gasteiger partial charge in [-0.3, -0.25) is 9.69 Å². The lowest BCUT2D eigenvalue weighted by molar-refractivity contribution is -0.122. The van der Waals surface area contributed by atoms with Gasteiger partial charge in [0.15, 0.2) is 0 Å². The molecule has 1 aromatic rings. The zero-order valence-electron chi connectivity index (χ0n) is 16.4. The number of amides is 1. The van der Waals surface area contributed by atoms with Crippen LogP contribution in [0.3, 0.4) is 0 Å². The number of hydrogen-bond acceptors (Lipinski definition) is 4. The van der Waals surface area contributed by atoms with Gasteiger partial charge in [0.25, 0.3) is 0 Å². The summed E-state index contributed by atoms with van der Waals surface area (Å²) >= 11 is 0. The molecule has 1 amide bonds. The molecule has 0 radical (unpaired) electrons. The molecule has 142 valence electrons. The maximum absolute atomic E-state index is 12.3. The zero-order chi connectivity index (χ0) is 18.9. The molecule has 0 aliphatic carbocycles. The lowest BCUT2D eigenvalue weighted by atomic mass is 10.0. The van der Waals surface area contributed by atoms with Crippen molar-refractivity contribution in [2.75, 3.05) is 37.6 Å². The quantitative estimate of drug-likeness (QED) is 0.816. The van der Waals surface area contributed by atoms with Crippen molar-refractivity contribution in [2.45, 2.75) is 46.1 Å². The summed E-state index contributed by atoms with van der Waals surface area (Å²) in [6.07, 6.45) is 3.16. The number of hydrogen-bond donors (Lipinski definition) is 1. The molecule has 0 aromatic heterocycles. The Morgan fingerprint density at radius 3 is 2.65 bits per heavy atom. The molecule has 0 spiro atoms. The monoisotopic (exact) mass is 356 g/mol. The summed E-state index contributed by atoms with van der Waals surface area (Å²) in [7, 11) is 0. The SMILES string of the molecule is CC(C)CCC(C)NC(=O)CN1CCCN(c2ccccc2C#N)CC1. The van der Waals surface area contributed by atoms with Gasteiger partial charge in [0, 0.05) is 32.2 Å². The Morgan fingerprint density at radius 1 is 1.15 bits per heavy atom. The van der Waals surface area contributed by atoms with Gasteiger partial charge in [-0.05, 0) is 44.2 Å². The van der Waals surface area contributed by atoms with Crippen molar-refractivity contribution in [2.24, 2.45) is 5.92 Å². The number of nitrogens with zero attached hydrogens (tertiary/aromatic N) is 3. The molecule has 0 bridgehead atoms. The predicted molar refractivity (Wildman–Crippen MR) is 106 cm³/mol. The molecule has 1 aliphatic rings. The molecule has 26 heavy (non-hydrogen) atoms. The molecule has 1 unspecified atom stereocenters. The number of carbonyl (C=O) groups is 1. The van der Waals surface area contributed by atoms with Crippen LogP contribution in [0.15, 0.2) is 24.3 Å². The van der Waals surface area contributed by atoms with E-state index in [1.54, 1.807) is 0 Å². The van der Waals surface area contributed by atoms with Crippen molar-refractivity contribution < 1.29 is 4.79 Å². The molecule has 1 N–H and O–H groups in total. The number of benzene rings is 1. The topological polar surface area (TPSA) is 59.4 Å². The summed E-state index contributed by atoms with van der Waals surface area (Å²) in [5.74, 6) is 0.786. The van der Waals surface area contributed by atoms with Crippen LogP contribution in [0.4, 0.5) is 5.69 Å². The first-order chi connectivity index (χ1) is 12.5. The van der Waals surface area contributed by atoms with Gasteiger partial charge in [-0.2, -0.15) is 5.26 Å². The van der Waals surface area contributed by atoms with Crippen molar-refractivity contribution >= 4 is 11.6 Å². The van der Waals surface area contributed by atoms with Crippen molar-refractivity contribution in [3.8, 4) is 6.07 Å². The molecule has 2 rings (SSSR count). The molecule has 1 aromatic carbocycles. The van der Waals surface area contributed by atoms with Gasteiger partial charge in [-0.1, -0.05) is 26.0 Å². The fraction of sp³-hybridized carbons (Fsp3) is 0.619. The number of nitrogens with one attached hydrogen (secondary N) is 1. The molecule has 1 saturated heterocycles. The largest absolute Gasteiger partial charge is 0.369 e. The highest BCUT2D eigenvalue weighted by atomic mass is 16.2. The van der Waals surface area contributed by atoms with Crippen LogP contribution in [0.5, 0.6) is 0 Å². The third-order valence-electron chi connectivity index (χ3n) is 4.91. The summed E-state index contributed by atoms with van der Waals surface area (Å²) in [6, 6.07) is 10.3. The van der Waals surface area contributed by atoms with E-state index in [-0.39, 0.29) is 11.9 Å². The minimum atomic E-state index is 0.118. The zero-order valence-corrected chi connectivity index (χ0v) is 16.4. The van der Waals surface area contributed by atoms with Gasteiger partial charge in [-0.25, -0.2) is 0 Å².